The number of halogens is 3. The molecule has 0 aliphatic heterocycles. The predicted molar refractivity (Wildman–Crippen MR) is 105 cm³/mol. The van der Waals surface area contributed by atoms with Crippen molar-refractivity contribution in [3.63, 3.8) is 0 Å². The van der Waals surface area contributed by atoms with E-state index in [2.05, 4.69) is 10.0 Å². The summed E-state index contributed by atoms with van der Waals surface area (Å²) >= 11 is 0. The zero-order chi connectivity index (χ0) is 21.9. The summed E-state index contributed by atoms with van der Waals surface area (Å²) in [6.45, 7) is 5.95. The molecule has 1 amide bonds. The molecule has 9 heteroatoms. The van der Waals surface area contributed by atoms with Gasteiger partial charge in [0.2, 0.25) is 15.9 Å². The summed E-state index contributed by atoms with van der Waals surface area (Å²) in [5.41, 5.74) is 0.901. The number of amides is 1. The Morgan fingerprint density at radius 2 is 1.72 bits per heavy atom. The number of nitrogens with one attached hydrogen (secondary N) is 2. The topological polar surface area (TPSA) is 75.3 Å². The Hall–Kier alpha value is -1.61. The Labute approximate surface area is 170 Å². The molecule has 0 radical (unpaired) electrons. The summed E-state index contributed by atoms with van der Waals surface area (Å²) in [6.07, 6.45) is -3.50. The lowest BCUT2D eigenvalue weighted by Gasteiger charge is -2.31. The van der Waals surface area contributed by atoms with E-state index in [1.165, 1.54) is 12.1 Å². The van der Waals surface area contributed by atoms with Crippen molar-refractivity contribution in [2.45, 2.75) is 75.4 Å². The summed E-state index contributed by atoms with van der Waals surface area (Å²) in [7, 11) is -3.76. The summed E-state index contributed by atoms with van der Waals surface area (Å²) in [5.74, 6) is -1.85. The minimum absolute atomic E-state index is 0.0870. The van der Waals surface area contributed by atoms with Crippen LogP contribution in [-0.4, -0.2) is 33.1 Å². The molecular weight excluding hydrogens is 405 g/mol. The first-order valence-electron chi connectivity index (χ1n) is 9.75. The summed E-state index contributed by atoms with van der Waals surface area (Å²) < 4.78 is 65.6. The van der Waals surface area contributed by atoms with Crippen LogP contribution in [0.1, 0.15) is 58.4 Å². The van der Waals surface area contributed by atoms with Gasteiger partial charge in [-0.05, 0) is 42.4 Å². The molecular formula is C20H29F3N2O3S. The highest BCUT2D eigenvalue weighted by molar-refractivity contribution is 7.89. The maximum atomic E-state index is 12.8. The van der Waals surface area contributed by atoms with Crippen LogP contribution in [0.15, 0.2) is 29.2 Å². The minimum atomic E-state index is -4.25. The quantitative estimate of drug-likeness (QED) is 0.713. The minimum Gasteiger partial charge on any atom is -0.353 e. The third kappa shape index (κ3) is 6.99. The van der Waals surface area contributed by atoms with Crippen molar-refractivity contribution in [1.82, 2.24) is 10.0 Å². The fraction of sp³-hybridized carbons (Fsp3) is 0.650. The SMILES string of the molecule is CC(C)(C)c1ccc(S(=O)(=O)NCCC(=O)NC2CCCC(C(F)(F)F)C2)cc1. The molecule has 5 nitrogen and oxygen atoms in total. The number of sulfonamides is 1. The van der Waals surface area contributed by atoms with Crippen molar-refractivity contribution >= 4 is 15.9 Å². The molecule has 1 aliphatic rings. The molecule has 1 fully saturated rings. The van der Waals surface area contributed by atoms with E-state index >= 15 is 0 Å². The van der Waals surface area contributed by atoms with E-state index < -0.39 is 34.1 Å². The van der Waals surface area contributed by atoms with Gasteiger partial charge in [0.05, 0.1) is 10.8 Å². The average Bonchev–Trinajstić information content (AvgIpc) is 2.60. The molecule has 1 saturated carbocycles. The highest BCUT2D eigenvalue weighted by Crippen LogP contribution is 2.37. The zero-order valence-electron chi connectivity index (χ0n) is 17.0. The van der Waals surface area contributed by atoms with Crippen molar-refractivity contribution < 1.29 is 26.4 Å². The van der Waals surface area contributed by atoms with Gasteiger partial charge in [-0.1, -0.05) is 39.3 Å². The second-order valence-corrected chi connectivity index (χ2v) is 10.4. The molecule has 1 aromatic carbocycles. The maximum Gasteiger partial charge on any atom is 0.391 e. The van der Waals surface area contributed by atoms with E-state index in [1.807, 2.05) is 20.8 Å². The van der Waals surface area contributed by atoms with Crippen LogP contribution in [0.2, 0.25) is 0 Å². The van der Waals surface area contributed by atoms with E-state index in [1.54, 1.807) is 12.1 Å². The van der Waals surface area contributed by atoms with E-state index in [0.717, 1.165) is 5.56 Å². The summed E-state index contributed by atoms with van der Waals surface area (Å²) in [5, 5.41) is 2.60. The van der Waals surface area contributed by atoms with Crippen LogP contribution in [0.3, 0.4) is 0 Å². The zero-order valence-corrected chi connectivity index (χ0v) is 17.8. The van der Waals surface area contributed by atoms with Gasteiger partial charge in [-0.15, -0.1) is 0 Å². The molecule has 164 valence electrons. The van der Waals surface area contributed by atoms with Gasteiger partial charge in [0.25, 0.3) is 0 Å². The number of carbonyl (C=O) groups excluding carboxylic acids is 1. The Morgan fingerprint density at radius 3 is 2.28 bits per heavy atom. The molecule has 0 aromatic heterocycles. The normalized spacial score (nSPS) is 21.0. The Balaban J connectivity index is 1.83. The summed E-state index contributed by atoms with van der Waals surface area (Å²) in [4.78, 5) is 12.1. The average molecular weight is 435 g/mol. The lowest BCUT2D eigenvalue weighted by molar-refractivity contribution is -0.184. The van der Waals surface area contributed by atoms with Crippen molar-refractivity contribution in [3.05, 3.63) is 29.8 Å². The summed E-state index contributed by atoms with van der Waals surface area (Å²) in [6, 6.07) is 6.01. The number of carbonyl (C=O) groups is 1. The molecule has 2 rings (SSSR count). The largest absolute Gasteiger partial charge is 0.391 e. The number of alkyl halides is 3. The third-order valence-electron chi connectivity index (χ3n) is 5.18. The van der Waals surface area contributed by atoms with Gasteiger partial charge in [-0.2, -0.15) is 13.2 Å². The van der Waals surface area contributed by atoms with Gasteiger partial charge in [0.15, 0.2) is 0 Å². The van der Waals surface area contributed by atoms with Gasteiger partial charge in [0.1, 0.15) is 0 Å². The van der Waals surface area contributed by atoms with Crippen LogP contribution in [-0.2, 0) is 20.2 Å². The van der Waals surface area contributed by atoms with E-state index in [9.17, 15) is 26.4 Å². The van der Waals surface area contributed by atoms with Crippen molar-refractivity contribution in [2.24, 2.45) is 5.92 Å². The first-order valence-corrected chi connectivity index (χ1v) is 11.2. The van der Waals surface area contributed by atoms with E-state index in [-0.39, 0.29) is 36.1 Å². The van der Waals surface area contributed by atoms with Crippen molar-refractivity contribution in [1.29, 1.82) is 0 Å². The standard InChI is InChI=1S/C20H29F3N2O3S/c1-19(2,3)14-7-9-17(10-8-14)29(27,28)24-12-11-18(26)25-16-6-4-5-15(13-16)20(21,22)23/h7-10,15-16,24H,4-6,11-13H2,1-3H3,(H,25,26). The van der Waals surface area contributed by atoms with Crippen LogP contribution in [0.25, 0.3) is 0 Å². The second-order valence-electron chi connectivity index (χ2n) is 8.59. The lowest BCUT2D eigenvalue weighted by atomic mass is 9.85. The van der Waals surface area contributed by atoms with Crippen molar-refractivity contribution in [3.8, 4) is 0 Å². The van der Waals surface area contributed by atoms with Crippen LogP contribution in [0.5, 0.6) is 0 Å². The maximum absolute atomic E-state index is 12.8. The molecule has 2 atom stereocenters. The molecule has 0 heterocycles. The molecule has 29 heavy (non-hydrogen) atoms. The molecule has 0 bridgehead atoms. The molecule has 2 N–H and O–H groups in total. The van der Waals surface area contributed by atoms with Crippen LogP contribution in [0, 0.1) is 5.92 Å². The lowest BCUT2D eigenvalue weighted by Crippen LogP contribution is -2.42. The van der Waals surface area contributed by atoms with Crippen LogP contribution >= 0.6 is 0 Å². The first-order chi connectivity index (χ1) is 13.3. The molecule has 2 unspecified atom stereocenters. The molecule has 1 aromatic rings. The van der Waals surface area contributed by atoms with Crippen LogP contribution < -0.4 is 10.0 Å². The Bertz CT molecular complexity index is 800. The van der Waals surface area contributed by atoms with Gasteiger partial charge in [-0.25, -0.2) is 13.1 Å². The monoisotopic (exact) mass is 434 g/mol. The van der Waals surface area contributed by atoms with Crippen molar-refractivity contribution in [2.75, 3.05) is 6.54 Å². The van der Waals surface area contributed by atoms with Gasteiger partial charge in [0, 0.05) is 19.0 Å². The van der Waals surface area contributed by atoms with Gasteiger partial charge < -0.3 is 5.32 Å². The molecule has 0 spiro atoms. The number of hydrogen-bond donors (Lipinski definition) is 2. The number of hydrogen-bond acceptors (Lipinski definition) is 3. The fourth-order valence-corrected chi connectivity index (χ4v) is 4.47. The second kappa shape index (κ2) is 9.04. The molecule has 1 aliphatic carbocycles. The third-order valence-corrected chi connectivity index (χ3v) is 6.65. The highest BCUT2D eigenvalue weighted by Gasteiger charge is 2.42. The Morgan fingerprint density at radius 1 is 1.10 bits per heavy atom. The van der Waals surface area contributed by atoms with Crippen LogP contribution in [0.4, 0.5) is 13.2 Å². The highest BCUT2D eigenvalue weighted by atomic mass is 32.2. The molecule has 0 saturated heterocycles. The number of rotatable bonds is 6. The van der Waals surface area contributed by atoms with Gasteiger partial charge >= 0.3 is 6.18 Å². The first kappa shape index (κ1) is 23.7. The predicted octanol–water partition coefficient (Wildman–Crippen LogP) is 3.89. The number of benzene rings is 1. The van der Waals surface area contributed by atoms with E-state index in [4.69, 9.17) is 0 Å². The fourth-order valence-electron chi connectivity index (χ4n) is 3.43. The van der Waals surface area contributed by atoms with E-state index in [0.29, 0.717) is 12.8 Å². The smallest absolute Gasteiger partial charge is 0.353 e. The van der Waals surface area contributed by atoms with Gasteiger partial charge in [-0.3, -0.25) is 4.79 Å². The Kier molecular flexibility index (Phi) is 7.37.